The number of pyridine rings is 1. The van der Waals surface area contributed by atoms with E-state index in [4.69, 9.17) is 4.98 Å². The monoisotopic (exact) mass is 595 g/mol. The summed E-state index contributed by atoms with van der Waals surface area (Å²) in [6.45, 7) is 0. The SMILES string of the molecule is c1ccc(-c2ccc3c4ccc(-c5ccc(-c6ccc7c(c6)Sc6ccccc6S7)cn5)cc4c4ccccc4c3c2)cc1. The van der Waals surface area contributed by atoms with Gasteiger partial charge < -0.3 is 0 Å². The van der Waals surface area contributed by atoms with Crippen LogP contribution in [0.15, 0.2) is 171 Å². The molecule has 0 saturated heterocycles. The third-order valence-electron chi connectivity index (χ3n) is 8.57. The van der Waals surface area contributed by atoms with Crippen molar-refractivity contribution in [1.29, 1.82) is 0 Å². The summed E-state index contributed by atoms with van der Waals surface area (Å²) in [4.78, 5) is 10.2. The molecule has 1 aliphatic rings. The van der Waals surface area contributed by atoms with Crippen molar-refractivity contribution in [3.05, 3.63) is 152 Å². The lowest BCUT2D eigenvalue weighted by molar-refractivity contribution is 1.16. The van der Waals surface area contributed by atoms with E-state index in [1.807, 2.05) is 29.7 Å². The van der Waals surface area contributed by atoms with Gasteiger partial charge in [0.2, 0.25) is 0 Å². The van der Waals surface area contributed by atoms with Crippen LogP contribution in [0.5, 0.6) is 0 Å². The summed E-state index contributed by atoms with van der Waals surface area (Å²) >= 11 is 3.70. The Morgan fingerprint density at radius 1 is 0.318 bits per heavy atom. The van der Waals surface area contributed by atoms with E-state index in [2.05, 4.69) is 146 Å². The summed E-state index contributed by atoms with van der Waals surface area (Å²) in [6, 6.07) is 52.8. The van der Waals surface area contributed by atoms with Crippen LogP contribution in [0.2, 0.25) is 0 Å². The lowest BCUT2D eigenvalue weighted by atomic mass is 9.91. The number of benzene rings is 7. The molecule has 9 rings (SSSR count). The molecule has 8 aromatic rings. The van der Waals surface area contributed by atoms with E-state index in [0.29, 0.717) is 0 Å². The van der Waals surface area contributed by atoms with Gasteiger partial charge in [0.05, 0.1) is 5.69 Å². The Bertz CT molecular complexity index is 2360. The molecular weight excluding hydrogens is 571 g/mol. The van der Waals surface area contributed by atoms with Gasteiger partial charge in [0.1, 0.15) is 0 Å². The zero-order valence-electron chi connectivity index (χ0n) is 23.7. The molecular formula is C41H25NS2. The molecule has 0 saturated carbocycles. The smallest absolute Gasteiger partial charge is 0.0702 e. The molecule has 0 bridgehead atoms. The average molecular weight is 596 g/mol. The molecule has 7 aromatic carbocycles. The van der Waals surface area contributed by atoms with Crippen LogP contribution in [0.25, 0.3) is 65.8 Å². The topological polar surface area (TPSA) is 12.9 Å². The Morgan fingerprint density at radius 3 is 1.55 bits per heavy atom. The van der Waals surface area contributed by atoms with Crippen LogP contribution in [-0.4, -0.2) is 4.98 Å². The Kier molecular flexibility index (Phi) is 6.07. The minimum absolute atomic E-state index is 0.982. The highest BCUT2D eigenvalue weighted by Crippen LogP contribution is 2.49. The molecule has 0 aliphatic carbocycles. The van der Waals surface area contributed by atoms with Gasteiger partial charge in [-0.15, -0.1) is 0 Å². The molecule has 3 heteroatoms. The van der Waals surface area contributed by atoms with Crippen LogP contribution >= 0.6 is 23.5 Å². The van der Waals surface area contributed by atoms with Gasteiger partial charge in [-0.1, -0.05) is 127 Å². The van der Waals surface area contributed by atoms with E-state index in [1.165, 1.54) is 68.6 Å². The Labute approximate surface area is 264 Å². The quantitative estimate of drug-likeness (QED) is 0.189. The lowest BCUT2D eigenvalue weighted by Crippen LogP contribution is -1.91. The molecule has 1 aliphatic heterocycles. The number of rotatable bonds is 3. The summed E-state index contributed by atoms with van der Waals surface area (Å²) in [5.41, 5.74) is 6.92. The second-order valence-corrected chi connectivity index (χ2v) is 13.3. The van der Waals surface area contributed by atoms with Crippen LogP contribution in [0.1, 0.15) is 0 Å². The first-order valence-corrected chi connectivity index (χ1v) is 16.4. The predicted molar refractivity (Wildman–Crippen MR) is 188 cm³/mol. The Hall–Kier alpha value is -4.83. The standard InChI is InChI=1S/C41H25NS2/c1-2-8-26(9-3-1)27-14-18-33-34-19-15-29(23-36(34)32-11-5-4-10-31(32)35(33)22-27)37-20-16-30(25-42-37)28-17-21-40-41(24-28)44-39-13-7-6-12-38(39)43-40/h1-25H. The lowest BCUT2D eigenvalue weighted by Gasteiger charge is -2.18. The fourth-order valence-corrected chi connectivity index (χ4v) is 8.62. The third-order valence-corrected chi connectivity index (χ3v) is 11.1. The molecule has 0 fully saturated rings. The van der Waals surface area contributed by atoms with Gasteiger partial charge in [-0.2, -0.15) is 0 Å². The van der Waals surface area contributed by atoms with E-state index < -0.39 is 0 Å². The Balaban J connectivity index is 1.10. The van der Waals surface area contributed by atoms with Crippen LogP contribution in [-0.2, 0) is 0 Å². The van der Waals surface area contributed by atoms with E-state index in [1.54, 1.807) is 0 Å². The maximum absolute atomic E-state index is 4.96. The van der Waals surface area contributed by atoms with Gasteiger partial charge in [0, 0.05) is 36.9 Å². The van der Waals surface area contributed by atoms with Crippen molar-refractivity contribution >= 4 is 55.8 Å². The highest BCUT2D eigenvalue weighted by molar-refractivity contribution is 8.05. The fourth-order valence-electron chi connectivity index (χ4n) is 6.37. The molecule has 0 radical (unpaired) electrons. The minimum atomic E-state index is 0.982. The molecule has 1 aromatic heterocycles. The molecule has 0 unspecified atom stereocenters. The zero-order chi connectivity index (χ0) is 29.0. The van der Waals surface area contributed by atoms with Gasteiger partial charge in [0.25, 0.3) is 0 Å². The molecule has 0 N–H and O–H groups in total. The number of hydrogen-bond donors (Lipinski definition) is 0. The molecule has 0 atom stereocenters. The zero-order valence-corrected chi connectivity index (χ0v) is 25.3. The van der Waals surface area contributed by atoms with Gasteiger partial charge >= 0.3 is 0 Å². The van der Waals surface area contributed by atoms with E-state index in [9.17, 15) is 0 Å². The van der Waals surface area contributed by atoms with Crippen LogP contribution < -0.4 is 0 Å². The van der Waals surface area contributed by atoms with Crippen molar-refractivity contribution in [3.63, 3.8) is 0 Å². The van der Waals surface area contributed by atoms with Crippen molar-refractivity contribution in [2.24, 2.45) is 0 Å². The van der Waals surface area contributed by atoms with Crippen molar-refractivity contribution < 1.29 is 0 Å². The summed E-state index contributed by atoms with van der Waals surface area (Å²) in [7, 11) is 0. The first-order valence-electron chi connectivity index (χ1n) is 14.8. The summed E-state index contributed by atoms with van der Waals surface area (Å²) in [5, 5.41) is 7.64. The number of aromatic nitrogens is 1. The second-order valence-electron chi connectivity index (χ2n) is 11.2. The number of hydrogen-bond acceptors (Lipinski definition) is 3. The highest BCUT2D eigenvalue weighted by atomic mass is 32.2. The fraction of sp³-hybridized carbons (Fsp3) is 0. The first-order chi connectivity index (χ1) is 21.8. The van der Waals surface area contributed by atoms with Gasteiger partial charge in [-0.05, 0) is 91.5 Å². The molecule has 0 spiro atoms. The van der Waals surface area contributed by atoms with Gasteiger partial charge in [-0.25, -0.2) is 0 Å². The largest absolute Gasteiger partial charge is 0.256 e. The second kappa shape index (κ2) is 10.4. The van der Waals surface area contributed by atoms with Crippen LogP contribution in [0.4, 0.5) is 0 Å². The molecule has 44 heavy (non-hydrogen) atoms. The maximum atomic E-state index is 4.96. The summed E-state index contributed by atoms with van der Waals surface area (Å²) in [5.74, 6) is 0. The third kappa shape index (κ3) is 4.31. The van der Waals surface area contributed by atoms with Crippen LogP contribution in [0, 0.1) is 0 Å². The van der Waals surface area contributed by atoms with Gasteiger partial charge in [0.15, 0.2) is 0 Å². The van der Waals surface area contributed by atoms with Crippen molar-refractivity contribution in [3.8, 4) is 33.5 Å². The minimum Gasteiger partial charge on any atom is -0.256 e. The van der Waals surface area contributed by atoms with Crippen molar-refractivity contribution in [1.82, 2.24) is 4.98 Å². The van der Waals surface area contributed by atoms with Gasteiger partial charge in [-0.3, -0.25) is 4.98 Å². The average Bonchev–Trinajstić information content (AvgIpc) is 3.10. The molecule has 0 amide bonds. The summed E-state index contributed by atoms with van der Waals surface area (Å²) in [6.07, 6.45) is 2.01. The van der Waals surface area contributed by atoms with Crippen LogP contribution in [0.3, 0.4) is 0 Å². The molecule has 206 valence electrons. The molecule has 1 nitrogen and oxygen atoms in total. The maximum Gasteiger partial charge on any atom is 0.0702 e. The number of nitrogens with zero attached hydrogens (tertiary/aromatic N) is 1. The normalized spacial score (nSPS) is 12.4. The predicted octanol–water partition coefficient (Wildman–Crippen LogP) is 12.2. The van der Waals surface area contributed by atoms with Crippen molar-refractivity contribution in [2.45, 2.75) is 19.6 Å². The van der Waals surface area contributed by atoms with E-state index in [-0.39, 0.29) is 0 Å². The number of fused-ring (bicyclic) bond motifs is 8. The van der Waals surface area contributed by atoms with E-state index in [0.717, 1.165) is 16.8 Å². The highest BCUT2D eigenvalue weighted by Gasteiger charge is 2.17. The van der Waals surface area contributed by atoms with E-state index >= 15 is 0 Å². The van der Waals surface area contributed by atoms with Crippen molar-refractivity contribution in [2.75, 3.05) is 0 Å². The molecule has 2 heterocycles. The first kappa shape index (κ1) is 25.6. The summed E-state index contributed by atoms with van der Waals surface area (Å²) < 4.78 is 0. The Morgan fingerprint density at radius 2 is 0.841 bits per heavy atom.